The summed E-state index contributed by atoms with van der Waals surface area (Å²) in [6.07, 6.45) is 0.0259. The van der Waals surface area contributed by atoms with Gasteiger partial charge in [0.1, 0.15) is 24.2 Å². The molecule has 9 heteroatoms. The van der Waals surface area contributed by atoms with Crippen molar-refractivity contribution in [2.45, 2.75) is 22.3 Å². The monoisotopic (exact) mass is 566 g/mol. The molecule has 4 aromatic carbocycles. The molecule has 39 heavy (non-hydrogen) atoms. The highest BCUT2D eigenvalue weighted by Gasteiger charge is 2.17. The number of sulfone groups is 1. The molecule has 0 bridgehead atoms. The number of aliphatic hydroxyl groups is 1. The summed E-state index contributed by atoms with van der Waals surface area (Å²) in [5.74, 6) is 1.35. The average molecular weight is 567 g/mol. The van der Waals surface area contributed by atoms with Crippen molar-refractivity contribution in [3.05, 3.63) is 96.6 Å². The number of hydrogen-bond acceptors (Lipinski definition) is 6. The standard InChI is InChI=1S/C30H30N2O5S.ClH/c1-36-23-11-15-25(16-12-23)38(34,35)24-13-9-21(10-14-24)17-18-31-19-22(33)20-37-29-8-4-7-28-30(29)26-5-2-3-6-27(26)32-28;/h2-16,22,31-33H,17-20H2,1H3;1H/t22-;/m0./s1. The average Bonchev–Trinajstić information content (AvgIpc) is 3.34. The minimum atomic E-state index is -3.59. The van der Waals surface area contributed by atoms with E-state index in [9.17, 15) is 13.5 Å². The van der Waals surface area contributed by atoms with E-state index in [0.29, 0.717) is 25.3 Å². The molecule has 0 aliphatic heterocycles. The predicted molar refractivity (Wildman–Crippen MR) is 156 cm³/mol. The number of nitrogens with one attached hydrogen (secondary N) is 2. The predicted octanol–water partition coefficient (Wildman–Crippen LogP) is 5.16. The molecule has 0 saturated carbocycles. The van der Waals surface area contributed by atoms with E-state index < -0.39 is 15.9 Å². The van der Waals surface area contributed by atoms with E-state index in [4.69, 9.17) is 9.47 Å². The molecule has 3 N–H and O–H groups in total. The summed E-state index contributed by atoms with van der Waals surface area (Å²) in [6, 6.07) is 27.2. The Morgan fingerprint density at radius 2 is 1.54 bits per heavy atom. The maximum atomic E-state index is 12.9. The van der Waals surface area contributed by atoms with Gasteiger partial charge in [-0.05, 0) is 73.1 Å². The van der Waals surface area contributed by atoms with E-state index in [2.05, 4.69) is 16.4 Å². The third-order valence-electron chi connectivity index (χ3n) is 6.50. The van der Waals surface area contributed by atoms with Gasteiger partial charge >= 0.3 is 0 Å². The fourth-order valence-corrected chi connectivity index (χ4v) is 5.72. The molecule has 204 valence electrons. The fourth-order valence-electron chi connectivity index (χ4n) is 4.46. The van der Waals surface area contributed by atoms with E-state index in [-0.39, 0.29) is 28.8 Å². The van der Waals surface area contributed by atoms with Crippen LogP contribution in [0.1, 0.15) is 5.56 Å². The Balaban J connectivity index is 0.00000353. The number of aromatic amines is 1. The van der Waals surface area contributed by atoms with Gasteiger partial charge in [-0.1, -0.05) is 36.4 Å². The Morgan fingerprint density at radius 3 is 2.26 bits per heavy atom. The van der Waals surface area contributed by atoms with Crippen molar-refractivity contribution >= 4 is 44.1 Å². The van der Waals surface area contributed by atoms with Gasteiger partial charge in [-0.2, -0.15) is 0 Å². The Kier molecular flexibility index (Phi) is 9.14. The minimum Gasteiger partial charge on any atom is -0.497 e. The Labute approximate surface area is 234 Å². The van der Waals surface area contributed by atoms with Crippen molar-refractivity contribution in [1.82, 2.24) is 10.3 Å². The molecule has 0 saturated heterocycles. The summed E-state index contributed by atoms with van der Waals surface area (Å²) in [4.78, 5) is 3.87. The van der Waals surface area contributed by atoms with E-state index in [1.165, 1.54) is 0 Å². The molecule has 0 aliphatic carbocycles. The maximum absolute atomic E-state index is 12.9. The summed E-state index contributed by atoms with van der Waals surface area (Å²) in [7, 11) is -2.05. The van der Waals surface area contributed by atoms with E-state index in [0.717, 1.165) is 33.1 Å². The number of fused-ring (bicyclic) bond motifs is 3. The summed E-state index contributed by atoms with van der Waals surface area (Å²) < 4.78 is 36.8. The molecule has 5 aromatic rings. The molecule has 0 radical (unpaired) electrons. The zero-order valence-electron chi connectivity index (χ0n) is 21.5. The Morgan fingerprint density at radius 1 is 0.872 bits per heavy atom. The number of hydrogen-bond donors (Lipinski definition) is 3. The van der Waals surface area contributed by atoms with Crippen molar-refractivity contribution in [2.75, 3.05) is 26.8 Å². The molecule has 0 unspecified atom stereocenters. The van der Waals surface area contributed by atoms with Gasteiger partial charge < -0.3 is 24.9 Å². The number of ether oxygens (including phenoxy) is 2. The second kappa shape index (κ2) is 12.5. The molecule has 0 fully saturated rings. The van der Waals surface area contributed by atoms with Gasteiger partial charge in [0.25, 0.3) is 0 Å². The van der Waals surface area contributed by atoms with Gasteiger partial charge in [-0.3, -0.25) is 0 Å². The third kappa shape index (κ3) is 6.37. The first-order valence-corrected chi connectivity index (χ1v) is 13.9. The lowest BCUT2D eigenvalue weighted by atomic mass is 10.1. The molecule has 0 amide bonds. The minimum absolute atomic E-state index is 0. The van der Waals surface area contributed by atoms with Crippen LogP contribution in [0.5, 0.6) is 11.5 Å². The number of aromatic nitrogens is 1. The molecule has 1 aromatic heterocycles. The SMILES string of the molecule is COc1ccc(S(=O)(=O)c2ccc(CCNC[C@H](O)COc3cccc4[nH]c5ccccc5c34)cc2)cc1.Cl. The van der Waals surface area contributed by atoms with Crippen LogP contribution >= 0.6 is 12.4 Å². The molecule has 5 rings (SSSR count). The first kappa shape index (κ1) is 28.4. The topological polar surface area (TPSA) is 101 Å². The van der Waals surface area contributed by atoms with Crippen LogP contribution in [0.2, 0.25) is 0 Å². The van der Waals surface area contributed by atoms with Crippen molar-refractivity contribution in [3.8, 4) is 11.5 Å². The molecule has 0 aliphatic rings. The number of H-pyrrole nitrogens is 1. The van der Waals surface area contributed by atoms with Crippen LogP contribution in [0, 0.1) is 0 Å². The van der Waals surface area contributed by atoms with Gasteiger partial charge in [0, 0.05) is 22.8 Å². The highest BCUT2D eigenvalue weighted by Crippen LogP contribution is 2.33. The first-order chi connectivity index (χ1) is 18.5. The molecule has 7 nitrogen and oxygen atoms in total. The van der Waals surface area contributed by atoms with Gasteiger partial charge in [0.2, 0.25) is 9.84 Å². The van der Waals surface area contributed by atoms with Gasteiger partial charge in [0.05, 0.1) is 22.4 Å². The Bertz CT molecular complexity index is 1630. The number of halogens is 1. The molecular weight excluding hydrogens is 536 g/mol. The highest BCUT2D eigenvalue weighted by atomic mass is 35.5. The van der Waals surface area contributed by atoms with Crippen LogP contribution in [0.4, 0.5) is 0 Å². The van der Waals surface area contributed by atoms with Crippen molar-refractivity contribution in [3.63, 3.8) is 0 Å². The number of rotatable bonds is 11. The van der Waals surface area contributed by atoms with Crippen molar-refractivity contribution in [1.29, 1.82) is 0 Å². The van der Waals surface area contributed by atoms with Crippen LogP contribution in [-0.2, 0) is 16.3 Å². The smallest absolute Gasteiger partial charge is 0.206 e. The zero-order chi connectivity index (χ0) is 26.5. The summed E-state index contributed by atoms with van der Waals surface area (Å²) >= 11 is 0. The van der Waals surface area contributed by atoms with Gasteiger partial charge in [-0.15, -0.1) is 12.4 Å². The van der Waals surface area contributed by atoms with E-state index >= 15 is 0 Å². The lowest BCUT2D eigenvalue weighted by Gasteiger charge is -2.14. The highest BCUT2D eigenvalue weighted by molar-refractivity contribution is 7.91. The van der Waals surface area contributed by atoms with Crippen LogP contribution in [0.25, 0.3) is 21.8 Å². The summed E-state index contributed by atoms with van der Waals surface area (Å²) in [5.41, 5.74) is 3.05. The first-order valence-electron chi connectivity index (χ1n) is 12.4. The zero-order valence-corrected chi connectivity index (χ0v) is 23.1. The van der Waals surface area contributed by atoms with Crippen molar-refractivity contribution in [2.24, 2.45) is 0 Å². The number of methoxy groups -OCH3 is 1. The van der Waals surface area contributed by atoms with Crippen LogP contribution in [-0.4, -0.2) is 51.4 Å². The summed E-state index contributed by atoms with van der Waals surface area (Å²) in [6.45, 7) is 1.19. The largest absolute Gasteiger partial charge is 0.497 e. The fraction of sp³-hybridized carbons (Fsp3) is 0.200. The molecule has 0 spiro atoms. The van der Waals surface area contributed by atoms with Crippen molar-refractivity contribution < 1.29 is 23.0 Å². The summed E-state index contributed by atoms with van der Waals surface area (Å²) in [5, 5.41) is 15.8. The van der Waals surface area contributed by atoms with Gasteiger partial charge in [-0.25, -0.2) is 8.42 Å². The number of aliphatic hydroxyl groups excluding tert-OH is 1. The number of para-hydroxylation sites is 1. The van der Waals surface area contributed by atoms with Crippen LogP contribution in [0.3, 0.4) is 0 Å². The van der Waals surface area contributed by atoms with Crippen LogP contribution < -0.4 is 14.8 Å². The Hall–Kier alpha value is -3.56. The molecule has 1 atom stereocenters. The van der Waals surface area contributed by atoms with E-state index in [1.54, 1.807) is 43.5 Å². The number of benzene rings is 4. The quantitative estimate of drug-likeness (QED) is 0.191. The second-order valence-corrected chi connectivity index (χ2v) is 11.0. The third-order valence-corrected chi connectivity index (χ3v) is 8.28. The maximum Gasteiger partial charge on any atom is 0.206 e. The lowest BCUT2D eigenvalue weighted by Crippen LogP contribution is -2.32. The van der Waals surface area contributed by atoms with E-state index in [1.807, 2.05) is 48.5 Å². The van der Waals surface area contributed by atoms with Gasteiger partial charge in [0.15, 0.2) is 0 Å². The molecular formula is C30H31ClN2O5S. The lowest BCUT2D eigenvalue weighted by molar-refractivity contribution is 0.107. The normalized spacial score (nSPS) is 12.3. The van der Waals surface area contributed by atoms with Crippen LogP contribution in [0.15, 0.2) is 101 Å². The second-order valence-electron chi connectivity index (χ2n) is 9.09. The molecule has 1 heterocycles.